The minimum absolute atomic E-state index is 0.215. The van der Waals surface area contributed by atoms with Crippen molar-refractivity contribution >= 4 is 39.0 Å². The van der Waals surface area contributed by atoms with Crippen LogP contribution in [0.2, 0.25) is 0 Å². The maximum atomic E-state index is 5.33. The van der Waals surface area contributed by atoms with Gasteiger partial charge >= 0.3 is 0 Å². The summed E-state index contributed by atoms with van der Waals surface area (Å²) in [6.45, 7) is 0. The SMILES string of the molecule is NC(=S)N/N=C1/CCc2ccc(Br)cc2C1. The van der Waals surface area contributed by atoms with Crippen molar-refractivity contribution in [2.24, 2.45) is 10.8 Å². The third kappa shape index (κ3) is 2.80. The highest BCUT2D eigenvalue weighted by Crippen LogP contribution is 2.23. The van der Waals surface area contributed by atoms with E-state index in [1.165, 1.54) is 11.1 Å². The molecule has 2 rings (SSSR count). The molecule has 0 saturated heterocycles. The lowest BCUT2D eigenvalue weighted by atomic mass is 9.90. The highest BCUT2D eigenvalue weighted by atomic mass is 79.9. The summed E-state index contributed by atoms with van der Waals surface area (Å²) in [6, 6.07) is 6.39. The monoisotopic (exact) mass is 297 g/mol. The summed E-state index contributed by atoms with van der Waals surface area (Å²) < 4.78 is 1.11. The van der Waals surface area contributed by atoms with Gasteiger partial charge in [0.2, 0.25) is 0 Å². The molecule has 0 heterocycles. The number of hydrogen-bond donors (Lipinski definition) is 2. The van der Waals surface area contributed by atoms with E-state index in [9.17, 15) is 0 Å². The Labute approximate surface area is 108 Å². The van der Waals surface area contributed by atoms with Gasteiger partial charge in [-0.05, 0) is 48.3 Å². The second kappa shape index (κ2) is 4.93. The lowest BCUT2D eigenvalue weighted by molar-refractivity contribution is 0.907. The summed E-state index contributed by atoms with van der Waals surface area (Å²) >= 11 is 8.19. The molecule has 1 aliphatic rings. The molecule has 5 heteroatoms. The number of nitrogens with zero attached hydrogens (tertiary/aromatic N) is 1. The van der Waals surface area contributed by atoms with Crippen LogP contribution in [0, 0.1) is 0 Å². The van der Waals surface area contributed by atoms with Crippen molar-refractivity contribution in [3.63, 3.8) is 0 Å². The number of hydrogen-bond acceptors (Lipinski definition) is 2. The van der Waals surface area contributed by atoms with Crippen molar-refractivity contribution < 1.29 is 0 Å². The van der Waals surface area contributed by atoms with Gasteiger partial charge in [0.25, 0.3) is 0 Å². The second-order valence-electron chi connectivity index (χ2n) is 3.74. The summed E-state index contributed by atoms with van der Waals surface area (Å²) in [4.78, 5) is 0. The van der Waals surface area contributed by atoms with Crippen LogP contribution in [-0.2, 0) is 12.8 Å². The van der Waals surface area contributed by atoms with Crippen molar-refractivity contribution in [1.29, 1.82) is 0 Å². The summed E-state index contributed by atoms with van der Waals surface area (Å²) in [6.07, 6.45) is 2.86. The zero-order valence-corrected chi connectivity index (χ0v) is 11.1. The molecule has 0 bridgehead atoms. The lowest BCUT2D eigenvalue weighted by Crippen LogP contribution is -2.27. The Hall–Kier alpha value is -0.940. The molecule has 1 aromatic rings. The predicted octanol–water partition coefficient (Wildman–Crippen LogP) is 2.13. The third-order valence-corrected chi connectivity index (χ3v) is 3.15. The molecule has 3 nitrogen and oxygen atoms in total. The predicted molar refractivity (Wildman–Crippen MR) is 73.5 cm³/mol. The van der Waals surface area contributed by atoms with Gasteiger partial charge in [-0.15, -0.1) is 0 Å². The van der Waals surface area contributed by atoms with Crippen LogP contribution in [0.15, 0.2) is 27.8 Å². The van der Waals surface area contributed by atoms with E-state index in [0.29, 0.717) is 0 Å². The number of thiocarbonyl (C=S) groups is 1. The Balaban J connectivity index is 2.16. The summed E-state index contributed by atoms with van der Waals surface area (Å²) in [5.74, 6) is 0. The van der Waals surface area contributed by atoms with Gasteiger partial charge in [0.1, 0.15) is 0 Å². The molecule has 16 heavy (non-hydrogen) atoms. The number of benzene rings is 1. The van der Waals surface area contributed by atoms with E-state index in [-0.39, 0.29) is 5.11 Å². The Morgan fingerprint density at radius 3 is 2.94 bits per heavy atom. The van der Waals surface area contributed by atoms with Crippen LogP contribution in [0.4, 0.5) is 0 Å². The molecule has 1 aliphatic carbocycles. The molecular formula is C11H12BrN3S. The molecule has 84 valence electrons. The average Bonchev–Trinajstić information content (AvgIpc) is 2.25. The molecule has 3 N–H and O–H groups in total. The van der Waals surface area contributed by atoms with E-state index in [0.717, 1.165) is 29.4 Å². The van der Waals surface area contributed by atoms with Gasteiger partial charge in [-0.2, -0.15) is 5.10 Å². The number of nitrogens with one attached hydrogen (secondary N) is 1. The van der Waals surface area contributed by atoms with E-state index in [1.807, 2.05) is 0 Å². The van der Waals surface area contributed by atoms with Gasteiger partial charge in [0.15, 0.2) is 5.11 Å². The molecule has 0 amide bonds. The Kier molecular flexibility index (Phi) is 3.56. The van der Waals surface area contributed by atoms with Crippen LogP contribution in [0.5, 0.6) is 0 Å². The first-order valence-electron chi connectivity index (χ1n) is 5.03. The summed E-state index contributed by atoms with van der Waals surface area (Å²) in [5, 5.41) is 4.41. The molecule has 0 aliphatic heterocycles. The normalized spacial score (nSPS) is 16.9. The first-order chi connectivity index (χ1) is 7.65. The van der Waals surface area contributed by atoms with Crippen molar-refractivity contribution in [3.05, 3.63) is 33.8 Å². The zero-order valence-electron chi connectivity index (χ0n) is 8.66. The Bertz CT molecular complexity index is 457. The Morgan fingerprint density at radius 1 is 1.38 bits per heavy atom. The van der Waals surface area contributed by atoms with Gasteiger partial charge in [-0.25, -0.2) is 0 Å². The van der Waals surface area contributed by atoms with E-state index in [1.54, 1.807) is 0 Å². The van der Waals surface area contributed by atoms with Crippen molar-refractivity contribution in [3.8, 4) is 0 Å². The minimum Gasteiger partial charge on any atom is -0.375 e. The zero-order chi connectivity index (χ0) is 11.5. The van der Waals surface area contributed by atoms with E-state index < -0.39 is 0 Å². The van der Waals surface area contributed by atoms with Gasteiger partial charge in [0.05, 0.1) is 0 Å². The molecule has 0 unspecified atom stereocenters. The molecule has 0 fully saturated rings. The molecule has 1 aromatic carbocycles. The van der Waals surface area contributed by atoms with Gasteiger partial charge in [0, 0.05) is 16.6 Å². The van der Waals surface area contributed by atoms with Crippen molar-refractivity contribution in [2.45, 2.75) is 19.3 Å². The average molecular weight is 298 g/mol. The first-order valence-corrected chi connectivity index (χ1v) is 6.23. The summed E-state index contributed by atoms with van der Waals surface area (Å²) in [5.41, 5.74) is 11.8. The van der Waals surface area contributed by atoms with Crippen LogP contribution in [0.3, 0.4) is 0 Å². The fourth-order valence-corrected chi connectivity index (χ4v) is 2.27. The third-order valence-electron chi connectivity index (χ3n) is 2.57. The second-order valence-corrected chi connectivity index (χ2v) is 5.10. The molecule has 0 aromatic heterocycles. The number of nitrogens with two attached hydrogens (primary N) is 1. The van der Waals surface area contributed by atoms with E-state index in [2.05, 4.69) is 44.7 Å². The molecule has 0 radical (unpaired) electrons. The van der Waals surface area contributed by atoms with E-state index in [4.69, 9.17) is 18.0 Å². The first kappa shape index (κ1) is 11.5. The quantitative estimate of drug-likeness (QED) is 0.617. The molecule has 0 spiro atoms. The highest BCUT2D eigenvalue weighted by molar-refractivity contribution is 9.10. The molecule has 0 saturated carbocycles. The standard InChI is InChI=1S/C11H12BrN3S/c12-9-3-1-7-2-4-10(6-8(7)5-9)14-15-11(13)16/h1,3,5H,2,4,6H2,(H3,13,15,16)/b14-10-. The number of fused-ring (bicyclic) bond motifs is 1. The van der Waals surface area contributed by atoms with Crippen LogP contribution >= 0.6 is 28.1 Å². The lowest BCUT2D eigenvalue weighted by Gasteiger charge is -2.17. The fraction of sp³-hybridized carbons (Fsp3) is 0.273. The largest absolute Gasteiger partial charge is 0.375 e. The smallest absolute Gasteiger partial charge is 0.184 e. The highest BCUT2D eigenvalue weighted by Gasteiger charge is 2.14. The number of hydrazone groups is 1. The number of rotatable bonds is 1. The van der Waals surface area contributed by atoms with Gasteiger partial charge in [-0.1, -0.05) is 22.0 Å². The topological polar surface area (TPSA) is 50.4 Å². The van der Waals surface area contributed by atoms with Crippen LogP contribution in [0.25, 0.3) is 0 Å². The fourth-order valence-electron chi connectivity index (χ4n) is 1.82. The Morgan fingerprint density at radius 2 is 2.19 bits per heavy atom. The molecule has 0 atom stereocenters. The van der Waals surface area contributed by atoms with Gasteiger partial charge in [-0.3, -0.25) is 5.43 Å². The molecular weight excluding hydrogens is 286 g/mol. The maximum Gasteiger partial charge on any atom is 0.184 e. The number of halogens is 1. The van der Waals surface area contributed by atoms with E-state index >= 15 is 0 Å². The van der Waals surface area contributed by atoms with Crippen molar-refractivity contribution in [2.75, 3.05) is 0 Å². The van der Waals surface area contributed by atoms with Crippen LogP contribution in [0.1, 0.15) is 17.5 Å². The number of aryl methyl sites for hydroxylation is 1. The maximum absolute atomic E-state index is 5.33. The van der Waals surface area contributed by atoms with Crippen LogP contribution < -0.4 is 11.2 Å². The minimum atomic E-state index is 0.215. The van der Waals surface area contributed by atoms with Gasteiger partial charge < -0.3 is 5.73 Å². The van der Waals surface area contributed by atoms with Crippen molar-refractivity contribution in [1.82, 2.24) is 5.43 Å². The summed E-state index contributed by atoms with van der Waals surface area (Å²) in [7, 11) is 0. The van der Waals surface area contributed by atoms with Crippen LogP contribution in [-0.4, -0.2) is 10.8 Å².